The molecule has 0 bridgehead atoms. The number of aromatic nitrogens is 2. The lowest BCUT2D eigenvalue weighted by Gasteiger charge is -2.15. The molecule has 0 aliphatic rings. The second-order valence-electron chi connectivity index (χ2n) is 11.0. The standard InChI is InChI=1S/C37H30N6O5S2/c1-2-33(36(46)42-37-41-32(22-49-37)24-12-8-14-27(18-24)43(47)48)50-28-15-9-13-26(20-28)39-35(45)31(40-34(44)23-10-4-3-5-11-23)19-25-21-38-30-17-7-6-16-29(25)30/h3-22,33,38H,2H2,1H3,(H,39,45)(H,40,44)(H,41,42,46)/b31-19-. The number of anilines is 2. The highest BCUT2D eigenvalue weighted by Gasteiger charge is 2.21. The zero-order chi connectivity index (χ0) is 35.0. The van der Waals surface area contributed by atoms with Crippen molar-refractivity contribution < 1.29 is 19.3 Å². The molecule has 11 nitrogen and oxygen atoms in total. The molecule has 2 heterocycles. The number of para-hydroxylation sites is 1. The first kappa shape index (κ1) is 33.8. The normalized spacial score (nSPS) is 11.9. The van der Waals surface area contributed by atoms with E-state index in [1.165, 1.54) is 35.2 Å². The lowest BCUT2D eigenvalue weighted by Crippen LogP contribution is -2.30. The summed E-state index contributed by atoms with van der Waals surface area (Å²) in [5, 5.41) is 22.2. The van der Waals surface area contributed by atoms with Gasteiger partial charge in [0.15, 0.2) is 5.13 Å². The Morgan fingerprint density at radius 3 is 2.54 bits per heavy atom. The molecule has 0 aliphatic carbocycles. The highest BCUT2D eigenvalue weighted by atomic mass is 32.2. The molecule has 250 valence electrons. The number of fused-ring (bicyclic) bond motifs is 1. The molecule has 6 rings (SSSR count). The number of nitrogens with one attached hydrogen (secondary N) is 4. The topological polar surface area (TPSA) is 159 Å². The number of H-pyrrole nitrogens is 1. The van der Waals surface area contributed by atoms with Crippen LogP contribution in [-0.2, 0) is 9.59 Å². The van der Waals surface area contributed by atoms with Crippen LogP contribution in [0.2, 0.25) is 0 Å². The molecule has 0 spiro atoms. The second kappa shape index (κ2) is 15.4. The first-order valence-corrected chi connectivity index (χ1v) is 17.3. The largest absolute Gasteiger partial charge is 0.361 e. The summed E-state index contributed by atoms with van der Waals surface area (Å²) in [7, 11) is 0. The quantitative estimate of drug-likeness (QED) is 0.0434. The minimum absolute atomic E-state index is 0.0413. The Labute approximate surface area is 295 Å². The molecule has 0 saturated carbocycles. The predicted octanol–water partition coefficient (Wildman–Crippen LogP) is 8.12. The van der Waals surface area contributed by atoms with Crippen LogP contribution in [0.25, 0.3) is 28.2 Å². The number of rotatable bonds is 12. The van der Waals surface area contributed by atoms with Crippen molar-refractivity contribution in [2.45, 2.75) is 23.5 Å². The SMILES string of the molecule is CCC(Sc1cccc(NC(=O)/C(=C/c2c[nH]c3ccccc23)NC(=O)c2ccccc2)c1)C(=O)Nc1nc(-c2cccc([N+](=O)[O-])c2)cs1. The van der Waals surface area contributed by atoms with Crippen LogP contribution in [0.5, 0.6) is 0 Å². The number of benzene rings is 4. The Kier molecular flexibility index (Phi) is 10.5. The van der Waals surface area contributed by atoms with Gasteiger partial charge in [0.25, 0.3) is 17.5 Å². The maximum atomic E-state index is 13.7. The van der Waals surface area contributed by atoms with Gasteiger partial charge >= 0.3 is 0 Å². The van der Waals surface area contributed by atoms with Gasteiger partial charge in [-0.15, -0.1) is 23.1 Å². The lowest BCUT2D eigenvalue weighted by atomic mass is 10.1. The summed E-state index contributed by atoms with van der Waals surface area (Å²) in [5.74, 6) is -1.19. The van der Waals surface area contributed by atoms with Crippen molar-refractivity contribution in [3.05, 3.63) is 142 Å². The number of carbonyl (C=O) groups is 3. The molecule has 3 amide bonds. The van der Waals surface area contributed by atoms with Gasteiger partial charge in [0, 0.05) is 61.9 Å². The zero-order valence-corrected chi connectivity index (χ0v) is 28.2. The fourth-order valence-electron chi connectivity index (χ4n) is 5.07. The summed E-state index contributed by atoms with van der Waals surface area (Å²) in [6.07, 6.45) is 3.92. The first-order valence-electron chi connectivity index (χ1n) is 15.5. The maximum Gasteiger partial charge on any atom is 0.272 e. The average Bonchev–Trinajstić information content (AvgIpc) is 3.78. The Morgan fingerprint density at radius 1 is 0.960 bits per heavy atom. The summed E-state index contributed by atoms with van der Waals surface area (Å²) in [4.78, 5) is 59.2. The van der Waals surface area contributed by atoms with E-state index in [0.29, 0.717) is 34.1 Å². The van der Waals surface area contributed by atoms with Gasteiger partial charge in [0.2, 0.25) is 5.91 Å². The fourth-order valence-corrected chi connectivity index (χ4v) is 6.81. The first-order chi connectivity index (χ1) is 24.3. The van der Waals surface area contributed by atoms with E-state index in [1.807, 2.05) is 43.3 Å². The van der Waals surface area contributed by atoms with Crippen LogP contribution in [-0.4, -0.2) is 37.9 Å². The van der Waals surface area contributed by atoms with E-state index in [0.717, 1.165) is 21.4 Å². The molecule has 0 aliphatic heterocycles. The third-order valence-electron chi connectivity index (χ3n) is 7.57. The Bertz CT molecular complexity index is 2230. The van der Waals surface area contributed by atoms with Crippen molar-refractivity contribution in [3.8, 4) is 11.3 Å². The van der Waals surface area contributed by atoms with Crippen LogP contribution < -0.4 is 16.0 Å². The zero-order valence-electron chi connectivity index (χ0n) is 26.6. The van der Waals surface area contributed by atoms with Crippen LogP contribution in [0.1, 0.15) is 29.3 Å². The van der Waals surface area contributed by atoms with E-state index in [1.54, 1.807) is 72.3 Å². The van der Waals surface area contributed by atoms with Crippen molar-refractivity contribution in [3.63, 3.8) is 0 Å². The molecule has 4 aromatic carbocycles. The molecule has 13 heteroatoms. The molecule has 2 aromatic heterocycles. The van der Waals surface area contributed by atoms with Gasteiger partial charge in [-0.05, 0) is 48.9 Å². The number of thioether (sulfide) groups is 1. The number of amides is 3. The molecule has 1 atom stereocenters. The summed E-state index contributed by atoms with van der Waals surface area (Å²) >= 11 is 2.57. The Balaban J connectivity index is 1.16. The van der Waals surface area contributed by atoms with Crippen LogP contribution in [0.15, 0.2) is 125 Å². The smallest absolute Gasteiger partial charge is 0.272 e. The van der Waals surface area contributed by atoms with Gasteiger partial charge in [-0.25, -0.2) is 4.98 Å². The number of thiazole rings is 1. The van der Waals surface area contributed by atoms with Crippen molar-refractivity contribution in [1.82, 2.24) is 15.3 Å². The van der Waals surface area contributed by atoms with E-state index < -0.39 is 22.0 Å². The van der Waals surface area contributed by atoms with E-state index in [4.69, 9.17) is 0 Å². The number of non-ortho nitro benzene ring substituents is 1. The molecule has 0 radical (unpaired) electrons. The van der Waals surface area contributed by atoms with Crippen LogP contribution in [0.4, 0.5) is 16.5 Å². The minimum Gasteiger partial charge on any atom is -0.361 e. The second-order valence-corrected chi connectivity index (χ2v) is 13.1. The molecule has 0 saturated heterocycles. The van der Waals surface area contributed by atoms with Crippen molar-refractivity contribution in [2.24, 2.45) is 0 Å². The monoisotopic (exact) mass is 702 g/mol. The van der Waals surface area contributed by atoms with Gasteiger partial charge in [-0.1, -0.05) is 61.5 Å². The van der Waals surface area contributed by atoms with Gasteiger partial charge in [0.1, 0.15) is 5.70 Å². The summed E-state index contributed by atoms with van der Waals surface area (Å²) in [5.41, 5.74) is 3.64. The minimum atomic E-state index is -0.519. The van der Waals surface area contributed by atoms with Crippen molar-refractivity contribution in [1.29, 1.82) is 0 Å². The van der Waals surface area contributed by atoms with Crippen LogP contribution in [0, 0.1) is 10.1 Å². The lowest BCUT2D eigenvalue weighted by molar-refractivity contribution is -0.384. The predicted molar refractivity (Wildman–Crippen MR) is 198 cm³/mol. The van der Waals surface area contributed by atoms with Gasteiger partial charge in [-0.3, -0.25) is 24.5 Å². The number of nitro benzene ring substituents is 1. The Hall–Kier alpha value is -6.05. The van der Waals surface area contributed by atoms with Crippen molar-refractivity contribution in [2.75, 3.05) is 10.6 Å². The molecule has 0 fully saturated rings. The number of hydrogen-bond donors (Lipinski definition) is 4. The van der Waals surface area contributed by atoms with Gasteiger partial charge < -0.3 is 20.9 Å². The third kappa shape index (κ3) is 8.14. The summed E-state index contributed by atoms with van der Waals surface area (Å²) in [6.45, 7) is 1.90. The van der Waals surface area contributed by atoms with Gasteiger partial charge in [-0.2, -0.15) is 0 Å². The van der Waals surface area contributed by atoms with E-state index >= 15 is 0 Å². The number of nitro groups is 1. The van der Waals surface area contributed by atoms with E-state index in [9.17, 15) is 24.5 Å². The number of carbonyl (C=O) groups excluding carboxylic acids is 3. The maximum absolute atomic E-state index is 13.7. The molecule has 6 aromatic rings. The highest BCUT2D eigenvalue weighted by molar-refractivity contribution is 8.00. The van der Waals surface area contributed by atoms with E-state index in [-0.39, 0.29) is 17.3 Å². The van der Waals surface area contributed by atoms with E-state index in [2.05, 4.69) is 25.9 Å². The summed E-state index contributed by atoms with van der Waals surface area (Å²) in [6, 6.07) is 29.6. The van der Waals surface area contributed by atoms with Crippen LogP contribution in [0.3, 0.4) is 0 Å². The number of aromatic amines is 1. The number of hydrogen-bond acceptors (Lipinski definition) is 8. The Morgan fingerprint density at radius 2 is 1.74 bits per heavy atom. The van der Waals surface area contributed by atoms with Crippen molar-refractivity contribution >= 4 is 74.3 Å². The molecular formula is C37H30N6O5S2. The fraction of sp³-hybridized carbons (Fsp3) is 0.0811. The van der Waals surface area contributed by atoms with Gasteiger partial charge in [0.05, 0.1) is 15.9 Å². The summed E-state index contributed by atoms with van der Waals surface area (Å²) < 4.78 is 0. The molecule has 4 N–H and O–H groups in total. The molecular weight excluding hydrogens is 673 g/mol. The number of nitrogens with zero attached hydrogens (tertiary/aromatic N) is 2. The van der Waals surface area contributed by atoms with Crippen LogP contribution >= 0.6 is 23.1 Å². The molecule has 50 heavy (non-hydrogen) atoms. The third-order valence-corrected chi connectivity index (χ3v) is 9.69. The molecule has 1 unspecified atom stereocenters. The average molecular weight is 703 g/mol. The highest BCUT2D eigenvalue weighted by Crippen LogP contribution is 2.31.